The van der Waals surface area contributed by atoms with Gasteiger partial charge in [0.1, 0.15) is 0 Å². The molecule has 0 fully saturated rings. The molecule has 0 radical (unpaired) electrons. The molecule has 0 amide bonds. The zero-order chi connectivity index (χ0) is 29.7. The van der Waals surface area contributed by atoms with E-state index in [-0.39, 0.29) is 15.0 Å². The number of nitrogens with zero attached hydrogens (tertiary/aromatic N) is 5. The summed E-state index contributed by atoms with van der Waals surface area (Å²) < 4.78 is 10.3. The molecule has 8 heteroatoms. The fraction of sp³-hybridized carbons (Fsp3) is 0.0270. The molecule has 0 saturated heterocycles. The molecule has 0 unspecified atom stereocenters. The average molecular weight is 667 g/mol. The summed E-state index contributed by atoms with van der Waals surface area (Å²) >= 11 is 1.82. The normalized spacial score (nSPS) is 13.5. The number of para-hydroxylation sites is 4. The van der Waals surface area contributed by atoms with E-state index in [0.717, 1.165) is 45.9 Å². The molecule has 4 heterocycles. The first-order valence-electron chi connectivity index (χ1n) is 14.7. The largest absolute Gasteiger partial charge is 0.0602 e. The summed E-state index contributed by atoms with van der Waals surface area (Å²) in [6.07, 6.45) is 3.85. The van der Waals surface area contributed by atoms with Gasteiger partial charge in [-0.1, -0.05) is 24.3 Å². The van der Waals surface area contributed by atoms with Gasteiger partial charge in [-0.2, -0.15) is 0 Å². The number of pyridine rings is 1. The Balaban J connectivity index is 1.06. The van der Waals surface area contributed by atoms with Crippen molar-refractivity contribution in [3.8, 4) is 11.5 Å². The van der Waals surface area contributed by atoms with Crippen LogP contribution in [0.15, 0.2) is 140 Å². The molecule has 0 spiro atoms. The molecule has 6 nitrogen and oxygen atoms in total. The van der Waals surface area contributed by atoms with Crippen LogP contribution in [0.1, 0.15) is 0 Å². The number of anilines is 7. The van der Waals surface area contributed by atoms with Crippen LogP contribution in [0.3, 0.4) is 0 Å². The molecule has 216 valence electrons. The summed E-state index contributed by atoms with van der Waals surface area (Å²) in [5.41, 5.74) is 7.86. The number of aromatic nitrogens is 2. The average Bonchev–Trinajstić information content (AvgIpc) is 3.70. The topological polar surface area (TPSA) is 44.7 Å². The first-order valence-corrected chi connectivity index (χ1v) is 17.2. The molecular formula is C37H25N5OSSe. The summed E-state index contributed by atoms with van der Waals surface area (Å²) in [7, 11) is 0. The molecule has 0 atom stereocenters. The smallest absolute Gasteiger partial charge is 0.0383 e. The van der Waals surface area contributed by atoms with Gasteiger partial charge in [0, 0.05) is 0 Å². The predicted molar refractivity (Wildman–Crippen MR) is 186 cm³/mol. The van der Waals surface area contributed by atoms with Crippen molar-refractivity contribution in [2.24, 2.45) is 0 Å². The van der Waals surface area contributed by atoms with Gasteiger partial charge in [-0.05, 0) is 12.1 Å². The number of fused-ring (bicyclic) bond motifs is 4. The molecule has 2 aliphatic rings. The van der Waals surface area contributed by atoms with Gasteiger partial charge in [0.2, 0.25) is 0 Å². The van der Waals surface area contributed by atoms with Crippen LogP contribution in [0, 0.1) is 0 Å². The first kappa shape index (κ1) is 26.3. The van der Waals surface area contributed by atoms with Gasteiger partial charge >= 0.3 is 236 Å². The van der Waals surface area contributed by atoms with Crippen LogP contribution in [-0.2, 0) is 0 Å². The Morgan fingerprint density at radius 1 is 0.622 bits per heavy atom. The van der Waals surface area contributed by atoms with E-state index in [1.54, 1.807) is 11.3 Å². The summed E-state index contributed by atoms with van der Waals surface area (Å²) in [4.78, 5) is 16.4. The Bertz CT molecular complexity index is 2170. The third kappa shape index (κ3) is 4.62. The van der Waals surface area contributed by atoms with Crippen LogP contribution in [0.2, 0.25) is 0 Å². The van der Waals surface area contributed by atoms with Gasteiger partial charge < -0.3 is 0 Å². The number of hydrogen-bond donors (Lipinski definition) is 0. The van der Waals surface area contributed by atoms with E-state index in [9.17, 15) is 0 Å². The molecule has 7 aromatic rings. The van der Waals surface area contributed by atoms with E-state index in [4.69, 9.17) is 9.72 Å². The second-order valence-electron chi connectivity index (χ2n) is 10.8. The van der Waals surface area contributed by atoms with Gasteiger partial charge in [0.25, 0.3) is 0 Å². The van der Waals surface area contributed by atoms with Crippen molar-refractivity contribution < 1.29 is 4.74 Å². The summed E-state index contributed by atoms with van der Waals surface area (Å²) in [5, 5.41) is 0.940. The Kier molecular flexibility index (Phi) is 6.30. The van der Waals surface area contributed by atoms with Gasteiger partial charge in [0.05, 0.1) is 0 Å². The molecule has 5 aromatic carbocycles. The molecule has 2 aliphatic heterocycles. The van der Waals surface area contributed by atoms with E-state index in [2.05, 4.69) is 135 Å². The SMILES string of the molecule is c1ccc(N2CN(c3cccc(Oc4ccc5c(c4)N(c4nc6ccccc6s4)c4ccncc4[Se]5)c3)c3ccccc32)cc1. The minimum absolute atomic E-state index is 0.123. The Labute approximate surface area is 271 Å². The fourth-order valence-corrected chi connectivity index (χ4v) is 9.09. The molecule has 0 bridgehead atoms. The van der Waals surface area contributed by atoms with Crippen molar-refractivity contribution in [2.75, 3.05) is 21.4 Å². The predicted octanol–water partition coefficient (Wildman–Crippen LogP) is 8.17. The molecule has 0 aliphatic carbocycles. The zero-order valence-corrected chi connectivity index (χ0v) is 26.5. The molecule has 2 aromatic heterocycles. The third-order valence-corrected chi connectivity index (χ3v) is 11.4. The molecule has 45 heavy (non-hydrogen) atoms. The monoisotopic (exact) mass is 667 g/mol. The summed E-state index contributed by atoms with van der Waals surface area (Å²) in [6.45, 7) is 0.721. The van der Waals surface area contributed by atoms with Gasteiger partial charge in [-0.3, -0.25) is 0 Å². The minimum Gasteiger partial charge on any atom is -0.0602 e. The molecule has 0 N–H and O–H groups in total. The Morgan fingerprint density at radius 2 is 1.38 bits per heavy atom. The second kappa shape index (κ2) is 10.8. The van der Waals surface area contributed by atoms with Gasteiger partial charge in [-0.25, -0.2) is 0 Å². The molecule has 9 rings (SSSR count). The van der Waals surface area contributed by atoms with Gasteiger partial charge in [0.15, 0.2) is 0 Å². The minimum atomic E-state index is 0.123. The molecular weight excluding hydrogens is 641 g/mol. The number of benzene rings is 5. The summed E-state index contributed by atoms with van der Waals surface area (Å²) in [5.74, 6) is 1.58. The van der Waals surface area contributed by atoms with E-state index in [1.165, 1.54) is 30.7 Å². The number of rotatable bonds is 5. The van der Waals surface area contributed by atoms with E-state index >= 15 is 0 Å². The van der Waals surface area contributed by atoms with Crippen LogP contribution in [-0.4, -0.2) is 31.6 Å². The first-order chi connectivity index (χ1) is 22.3. The second-order valence-corrected chi connectivity index (χ2v) is 14.1. The van der Waals surface area contributed by atoms with Crippen LogP contribution < -0.4 is 28.4 Å². The standard InChI is InChI=1S/C37H25N5OSSe/c1-2-9-25(10-3-1)40-24-41(31-15-6-5-14-30(31)40)26-11-8-12-27(21-26)43-28-17-18-35-33(22-28)42(32-19-20-38-23-36(32)45-35)37-39-29-13-4-7-16-34(29)44-37/h1-23H,24H2. The zero-order valence-electron chi connectivity index (χ0n) is 23.9. The van der Waals surface area contributed by atoms with E-state index < -0.39 is 0 Å². The Hall–Kier alpha value is -5.14. The van der Waals surface area contributed by atoms with E-state index in [1.807, 2.05) is 24.5 Å². The maximum absolute atomic E-state index is 6.59. The number of thiazole rings is 1. The van der Waals surface area contributed by atoms with E-state index in [0.29, 0.717) is 0 Å². The molecule has 0 saturated carbocycles. The summed E-state index contributed by atoms with van der Waals surface area (Å²) in [6, 6.07) is 44.3. The number of ether oxygens (including phenoxy) is 1. The maximum Gasteiger partial charge on any atom is -0.0383 e. The Morgan fingerprint density at radius 3 is 2.24 bits per heavy atom. The van der Waals surface area contributed by atoms with Crippen LogP contribution >= 0.6 is 11.3 Å². The maximum atomic E-state index is 6.59. The van der Waals surface area contributed by atoms with Crippen LogP contribution in [0.5, 0.6) is 11.5 Å². The number of hydrogen-bond acceptors (Lipinski definition) is 7. The van der Waals surface area contributed by atoms with Crippen molar-refractivity contribution in [3.05, 3.63) is 140 Å². The van der Waals surface area contributed by atoms with Crippen molar-refractivity contribution in [2.45, 2.75) is 0 Å². The van der Waals surface area contributed by atoms with Crippen molar-refractivity contribution in [1.29, 1.82) is 0 Å². The van der Waals surface area contributed by atoms with Crippen molar-refractivity contribution in [3.63, 3.8) is 0 Å². The van der Waals surface area contributed by atoms with Crippen LogP contribution in [0.25, 0.3) is 10.2 Å². The quantitative estimate of drug-likeness (QED) is 0.173. The van der Waals surface area contributed by atoms with Crippen LogP contribution in [0.4, 0.5) is 39.3 Å². The van der Waals surface area contributed by atoms with Gasteiger partial charge in [-0.15, -0.1) is 0 Å². The fourth-order valence-electron chi connectivity index (χ4n) is 5.98. The van der Waals surface area contributed by atoms with Crippen molar-refractivity contribution >= 4 is 84.7 Å². The third-order valence-electron chi connectivity index (χ3n) is 8.05. The van der Waals surface area contributed by atoms with Crippen molar-refractivity contribution in [1.82, 2.24) is 9.97 Å².